The van der Waals surface area contributed by atoms with Gasteiger partial charge in [0.2, 0.25) is 5.91 Å². The predicted molar refractivity (Wildman–Crippen MR) is 104 cm³/mol. The normalized spacial score (nSPS) is 13.6. The molecule has 0 saturated heterocycles. The first-order valence-electron chi connectivity index (χ1n) is 9.23. The van der Waals surface area contributed by atoms with Gasteiger partial charge in [0.25, 0.3) is 0 Å². The molecule has 1 amide bonds. The zero-order valence-corrected chi connectivity index (χ0v) is 19.0. The average Bonchev–Trinajstić information content (AvgIpc) is 2.42. The lowest BCUT2D eigenvalue weighted by molar-refractivity contribution is -0.165. The van der Waals surface area contributed by atoms with Crippen molar-refractivity contribution in [2.24, 2.45) is 0 Å². The summed E-state index contributed by atoms with van der Waals surface area (Å²) in [7, 11) is -3.65. The Morgan fingerprint density at radius 3 is 1.75 bits per heavy atom. The van der Waals surface area contributed by atoms with Crippen LogP contribution in [0.5, 0.6) is 0 Å². The second kappa shape index (κ2) is 10.9. The number of carbonyl (C=O) groups excluding carboxylic acids is 3. The van der Waals surface area contributed by atoms with Crippen molar-refractivity contribution in [2.45, 2.75) is 79.1 Å². The maximum atomic E-state index is 12.5. The van der Waals surface area contributed by atoms with Crippen molar-refractivity contribution >= 4 is 25.4 Å². The molecule has 0 heterocycles. The molecule has 0 aliphatic rings. The molecular formula is C18H34NO8P. The number of nitrogens with one attached hydrogen (secondary N) is 1. The number of rotatable bonds is 10. The fourth-order valence-corrected chi connectivity index (χ4v) is 3.54. The van der Waals surface area contributed by atoms with Gasteiger partial charge in [-0.3, -0.25) is 14.2 Å². The summed E-state index contributed by atoms with van der Waals surface area (Å²) in [6, 6.07) is -1.29. The van der Waals surface area contributed by atoms with Crippen molar-refractivity contribution in [3.63, 3.8) is 0 Å². The van der Waals surface area contributed by atoms with Crippen molar-refractivity contribution in [1.29, 1.82) is 0 Å². The molecule has 0 aromatic heterocycles. The van der Waals surface area contributed by atoms with E-state index in [0.717, 1.165) is 0 Å². The summed E-state index contributed by atoms with van der Waals surface area (Å²) >= 11 is 0. The second-order valence-electron chi connectivity index (χ2n) is 8.05. The Kier molecular flexibility index (Phi) is 10.4. The quantitative estimate of drug-likeness (QED) is 0.421. The first kappa shape index (κ1) is 26.6. The number of amides is 1. The minimum Gasteiger partial charge on any atom is -0.460 e. The minimum atomic E-state index is -3.65. The van der Waals surface area contributed by atoms with E-state index in [9.17, 15) is 18.9 Å². The number of carbonyl (C=O) groups is 3. The highest BCUT2D eigenvalue weighted by molar-refractivity contribution is 7.54. The van der Waals surface area contributed by atoms with E-state index >= 15 is 0 Å². The highest BCUT2D eigenvalue weighted by atomic mass is 31.2. The third kappa shape index (κ3) is 12.1. The van der Waals surface area contributed by atoms with Crippen molar-refractivity contribution in [3.8, 4) is 0 Å². The highest BCUT2D eigenvalue weighted by Crippen LogP contribution is 2.47. The first-order chi connectivity index (χ1) is 12.6. The van der Waals surface area contributed by atoms with Gasteiger partial charge in [0.05, 0.1) is 19.6 Å². The van der Waals surface area contributed by atoms with Crippen LogP contribution < -0.4 is 5.32 Å². The van der Waals surface area contributed by atoms with Crippen molar-refractivity contribution in [1.82, 2.24) is 5.32 Å². The van der Waals surface area contributed by atoms with E-state index in [4.69, 9.17) is 18.5 Å². The van der Waals surface area contributed by atoms with E-state index in [0.29, 0.717) is 0 Å². The Morgan fingerprint density at radius 1 is 0.893 bits per heavy atom. The van der Waals surface area contributed by atoms with Crippen molar-refractivity contribution < 1.29 is 37.5 Å². The summed E-state index contributed by atoms with van der Waals surface area (Å²) in [5, 5.41) is 2.38. The Labute approximate surface area is 167 Å². The molecule has 0 saturated carbocycles. The van der Waals surface area contributed by atoms with Crippen LogP contribution in [-0.4, -0.2) is 54.5 Å². The third-order valence-electron chi connectivity index (χ3n) is 2.81. The molecule has 1 N–H and O–H groups in total. The lowest BCUT2D eigenvalue weighted by Crippen LogP contribution is -2.47. The van der Waals surface area contributed by atoms with Gasteiger partial charge in [0, 0.05) is 0 Å². The number of ether oxygens (including phenoxy) is 2. The van der Waals surface area contributed by atoms with E-state index in [1.807, 2.05) is 0 Å². The molecule has 0 fully saturated rings. The van der Waals surface area contributed by atoms with Crippen LogP contribution in [0.2, 0.25) is 0 Å². The smallest absolute Gasteiger partial charge is 0.340 e. The molecule has 1 atom stereocenters. The van der Waals surface area contributed by atoms with E-state index in [1.54, 1.807) is 55.4 Å². The molecular weight excluding hydrogens is 389 g/mol. The Morgan fingerprint density at radius 2 is 1.36 bits per heavy atom. The van der Waals surface area contributed by atoms with Crippen LogP contribution in [0, 0.1) is 0 Å². The SMILES string of the molecule is CCOP(=O)(CC(=O)N[C@@H](CC(=O)OC(C)(C)C)C(=O)OC(C)(C)C)OCC. The number of hydrogen-bond donors (Lipinski definition) is 1. The molecule has 0 bridgehead atoms. The Bertz CT molecular complexity index is 581. The van der Waals surface area contributed by atoms with Crippen molar-refractivity contribution in [3.05, 3.63) is 0 Å². The molecule has 0 aliphatic carbocycles. The maximum Gasteiger partial charge on any atom is 0.340 e. The molecule has 0 rings (SSSR count). The van der Waals surface area contributed by atoms with E-state index < -0.39 is 55.3 Å². The van der Waals surface area contributed by atoms with Crippen LogP contribution in [-0.2, 0) is 37.5 Å². The lowest BCUT2D eigenvalue weighted by Gasteiger charge is -2.26. The van der Waals surface area contributed by atoms with E-state index in [-0.39, 0.29) is 13.2 Å². The van der Waals surface area contributed by atoms with Gasteiger partial charge in [-0.05, 0) is 55.4 Å². The topological polar surface area (TPSA) is 117 Å². The Balaban J connectivity index is 5.28. The van der Waals surface area contributed by atoms with Gasteiger partial charge in [-0.15, -0.1) is 0 Å². The molecule has 0 unspecified atom stereocenters. The third-order valence-corrected chi connectivity index (χ3v) is 4.78. The number of esters is 2. The zero-order chi connectivity index (χ0) is 22.2. The van der Waals surface area contributed by atoms with E-state index in [1.165, 1.54) is 0 Å². The van der Waals surface area contributed by atoms with Crippen LogP contribution in [0.4, 0.5) is 0 Å². The predicted octanol–water partition coefficient (Wildman–Crippen LogP) is 2.81. The summed E-state index contributed by atoms with van der Waals surface area (Å²) < 4.78 is 33.1. The Hall–Kier alpha value is -1.44. The molecule has 164 valence electrons. The summed E-state index contributed by atoms with van der Waals surface area (Å²) in [5.74, 6) is -2.24. The standard InChI is InChI=1S/C18H34NO8P/c1-9-24-28(23,25-10-2)12-14(20)19-13(16(22)27-18(6,7)8)11-15(21)26-17(3,4)5/h13H,9-12H2,1-8H3,(H,19,20)/t13-/m0/s1. The molecule has 0 aromatic rings. The van der Waals surface area contributed by atoms with Crippen LogP contribution in [0.1, 0.15) is 61.8 Å². The monoisotopic (exact) mass is 423 g/mol. The van der Waals surface area contributed by atoms with E-state index in [2.05, 4.69) is 5.32 Å². The minimum absolute atomic E-state index is 0.0952. The first-order valence-corrected chi connectivity index (χ1v) is 11.0. The summed E-state index contributed by atoms with van der Waals surface area (Å²) in [6.07, 6.45) is -1.01. The summed E-state index contributed by atoms with van der Waals surface area (Å²) in [5.41, 5.74) is -1.57. The van der Waals surface area contributed by atoms with Gasteiger partial charge in [0.15, 0.2) is 0 Å². The molecule has 0 radical (unpaired) electrons. The molecule has 10 heteroatoms. The fourth-order valence-electron chi connectivity index (χ4n) is 2.05. The van der Waals surface area contributed by atoms with Gasteiger partial charge >= 0.3 is 19.5 Å². The largest absolute Gasteiger partial charge is 0.460 e. The van der Waals surface area contributed by atoms with Crippen LogP contribution in [0.15, 0.2) is 0 Å². The average molecular weight is 423 g/mol. The molecule has 9 nitrogen and oxygen atoms in total. The van der Waals surface area contributed by atoms with Crippen LogP contribution >= 0.6 is 7.60 Å². The summed E-state index contributed by atoms with van der Waals surface area (Å²) in [4.78, 5) is 36.9. The fraction of sp³-hybridized carbons (Fsp3) is 0.833. The van der Waals surface area contributed by atoms with Gasteiger partial charge in [-0.2, -0.15) is 0 Å². The number of hydrogen-bond acceptors (Lipinski definition) is 8. The van der Waals surface area contributed by atoms with Crippen LogP contribution in [0.25, 0.3) is 0 Å². The molecule has 0 aliphatic heterocycles. The van der Waals surface area contributed by atoms with Gasteiger partial charge in [-0.1, -0.05) is 0 Å². The highest BCUT2D eigenvalue weighted by Gasteiger charge is 2.34. The summed E-state index contributed by atoms with van der Waals surface area (Å²) in [6.45, 7) is 13.5. The molecule has 28 heavy (non-hydrogen) atoms. The zero-order valence-electron chi connectivity index (χ0n) is 18.1. The van der Waals surface area contributed by atoms with Crippen molar-refractivity contribution in [2.75, 3.05) is 19.4 Å². The molecule has 0 aromatic carbocycles. The van der Waals surface area contributed by atoms with Gasteiger partial charge in [-0.25, -0.2) is 4.79 Å². The maximum absolute atomic E-state index is 12.5. The second-order valence-corrected chi connectivity index (χ2v) is 10.1. The molecule has 0 spiro atoms. The van der Waals surface area contributed by atoms with Gasteiger partial charge < -0.3 is 23.8 Å². The lowest BCUT2D eigenvalue weighted by atomic mass is 10.1. The van der Waals surface area contributed by atoms with Gasteiger partial charge in [0.1, 0.15) is 23.4 Å². The van der Waals surface area contributed by atoms with Crippen LogP contribution in [0.3, 0.4) is 0 Å².